The zero-order valence-electron chi connectivity index (χ0n) is 16.8. The van der Waals surface area contributed by atoms with E-state index in [9.17, 15) is 4.79 Å². The van der Waals surface area contributed by atoms with E-state index in [0.717, 1.165) is 11.3 Å². The number of nitrogens with one attached hydrogen (secondary N) is 2. The largest absolute Gasteiger partial charge is 0.493 e. The average molecular weight is 405 g/mol. The second kappa shape index (κ2) is 10.5. The highest BCUT2D eigenvalue weighted by Crippen LogP contribution is 2.27. The normalized spacial score (nSPS) is 10.5. The number of anilines is 1. The van der Waals surface area contributed by atoms with Crippen LogP contribution in [-0.2, 0) is 4.79 Å². The highest BCUT2D eigenvalue weighted by Gasteiger charge is 2.09. The van der Waals surface area contributed by atoms with Gasteiger partial charge in [0.1, 0.15) is 11.5 Å². The first-order valence-corrected chi connectivity index (χ1v) is 9.31. The molecule has 0 aliphatic heterocycles. The zero-order chi connectivity index (χ0) is 21.2. The molecule has 0 fully saturated rings. The molecule has 3 rings (SSSR count). The average Bonchev–Trinajstić information content (AvgIpc) is 2.78. The van der Waals surface area contributed by atoms with Crippen molar-refractivity contribution in [3.63, 3.8) is 0 Å². The van der Waals surface area contributed by atoms with Crippen LogP contribution in [0, 0.1) is 0 Å². The summed E-state index contributed by atoms with van der Waals surface area (Å²) in [6.07, 6.45) is 1.66. The lowest BCUT2D eigenvalue weighted by Crippen LogP contribution is -2.20. The van der Waals surface area contributed by atoms with Crippen molar-refractivity contribution >= 4 is 17.8 Å². The summed E-state index contributed by atoms with van der Waals surface area (Å²) in [5.74, 6) is 2.14. The van der Waals surface area contributed by atoms with Crippen LogP contribution in [-0.4, -0.2) is 32.9 Å². The van der Waals surface area contributed by atoms with Crippen molar-refractivity contribution in [1.82, 2.24) is 5.43 Å². The molecule has 0 aliphatic rings. The van der Waals surface area contributed by atoms with Crippen molar-refractivity contribution in [1.29, 1.82) is 0 Å². The molecule has 3 aromatic carbocycles. The lowest BCUT2D eigenvalue weighted by molar-refractivity contribution is -0.118. The van der Waals surface area contributed by atoms with Crippen LogP contribution in [0.15, 0.2) is 77.9 Å². The van der Waals surface area contributed by atoms with Crippen molar-refractivity contribution in [3.8, 4) is 23.0 Å². The van der Waals surface area contributed by atoms with Crippen molar-refractivity contribution in [2.75, 3.05) is 26.1 Å². The van der Waals surface area contributed by atoms with E-state index in [-0.39, 0.29) is 12.5 Å². The lowest BCUT2D eigenvalue weighted by atomic mass is 10.2. The fourth-order valence-electron chi connectivity index (χ4n) is 2.59. The molecule has 0 bridgehead atoms. The van der Waals surface area contributed by atoms with Gasteiger partial charge in [0.25, 0.3) is 5.91 Å². The van der Waals surface area contributed by atoms with Gasteiger partial charge >= 0.3 is 0 Å². The van der Waals surface area contributed by atoms with Crippen LogP contribution in [0.1, 0.15) is 5.56 Å². The maximum absolute atomic E-state index is 12.2. The molecule has 30 heavy (non-hydrogen) atoms. The Morgan fingerprint density at radius 3 is 2.40 bits per heavy atom. The number of para-hydroxylation sites is 1. The van der Waals surface area contributed by atoms with Gasteiger partial charge in [0.15, 0.2) is 18.1 Å². The second-order valence-corrected chi connectivity index (χ2v) is 6.17. The molecule has 0 spiro atoms. The van der Waals surface area contributed by atoms with Crippen LogP contribution in [0.2, 0.25) is 0 Å². The first kappa shape index (κ1) is 20.7. The predicted octanol–water partition coefficient (Wildman–Crippen LogP) is 4.06. The van der Waals surface area contributed by atoms with Gasteiger partial charge in [0, 0.05) is 12.7 Å². The highest BCUT2D eigenvalue weighted by molar-refractivity contribution is 5.92. The van der Waals surface area contributed by atoms with E-state index < -0.39 is 0 Å². The summed E-state index contributed by atoms with van der Waals surface area (Å²) in [5.41, 5.74) is 4.17. The number of methoxy groups -OCH3 is 1. The molecular formula is C23H23N3O4. The lowest BCUT2D eigenvalue weighted by Gasteiger charge is -2.12. The van der Waals surface area contributed by atoms with Crippen molar-refractivity contribution < 1.29 is 19.0 Å². The van der Waals surface area contributed by atoms with Gasteiger partial charge in [-0.3, -0.25) is 4.79 Å². The quantitative estimate of drug-likeness (QED) is 0.415. The van der Waals surface area contributed by atoms with E-state index in [0.29, 0.717) is 22.9 Å². The van der Waals surface area contributed by atoms with E-state index in [4.69, 9.17) is 14.2 Å². The molecular weight excluding hydrogens is 382 g/mol. The van der Waals surface area contributed by atoms with E-state index in [1.165, 1.54) is 0 Å². The zero-order valence-corrected chi connectivity index (χ0v) is 16.8. The molecule has 0 aromatic heterocycles. The van der Waals surface area contributed by atoms with Crippen LogP contribution in [0.25, 0.3) is 0 Å². The Morgan fingerprint density at radius 2 is 1.70 bits per heavy atom. The fraction of sp³-hybridized carbons (Fsp3) is 0.130. The number of nitrogens with zero attached hydrogens (tertiary/aromatic N) is 1. The molecule has 2 N–H and O–H groups in total. The summed E-state index contributed by atoms with van der Waals surface area (Å²) in [4.78, 5) is 12.2. The Bertz CT molecular complexity index is 989. The van der Waals surface area contributed by atoms with Gasteiger partial charge < -0.3 is 25.0 Å². The number of rotatable bonds is 9. The predicted molar refractivity (Wildman–Crippen MR) is 117 cm³/mol. The van der Waals surface area contributed by atoms with Crippen LogP contribution >= 0.6 is 0 Å². The topological polar surface area (TPSA) is 81.2 Å². The molecule has 0 heterocycles. The number of benzene rings is 3. The third-order valence-corrected chi connectivity index (χ3v) is 4.01. The van der Waals surface area contributed by atoms with E-state index in [1.807, 2.05) is 36.4 Å². The molecule has 0 unspecified atom stereocenters. The van der Waals surface area contributed by atoms with E-state index >= 15 is 0 Å². The van der Waals surface area contributed by atoms with E-state index in [1.54, 1.807) is 56.8 Å². The highest BCUT2D eigenvalue weighted by atomic mass is 16.5. The minimum absolute atomic E-state index is 0.150. The number of carbonyl (C=O) groups is 1. The molecule has 0 radical (unpaired) electrons. The first-order chi connectivity index (χ1) is 14.7. The minimum Gasteiger partial charge on any atom is -0.493 e. The van der Waals surface area contributed by atoms with Crippen molar-refractivity contribution in [3.05, 3.63) is 78.4 Å². The van der Waals surface area contributed by atoms with Crippen LogP contribution in [0.3, 0.4) is 0 Å². The van der Waals surface area contributed by atoms with Crippen LogP contribution in [0.5, 0.6) is 23.0 Å². The molecule has 0 atom stereocenters. The van der Waals surface area contributed by atoms with Gasteiger partial charge in [-0.1, -0.05) is 18.2 Å². The fourth-order valence-corrected chi connectivity index (χ4v) is 2.59. The first-order valence-electron chi connectivity index (χ1n) is 9.31. The van der Waals surface area contributed by atoms with Crippen LogP contribution in [0.4, 0.5) is 5.69 Å². The number of hydrogen-bond donors (Lipinski definition) is 2. The summed E-state index contributed by atoms with van der Waals surface area (Å²) in [7, 11) is 3.26. The van der Waals surface area contributed by atoms with E-state index in [2.05, 4.69) is 15.8 Å². The molecule has 3 aromatic rings. The minimum atomic E-state index is -0.283. The standard InChI is InChI=1S/C23H23N3O4/c1-24-25-15-17-8-13-21(22(14-17)28-2)29-16-23(27)26-18-9-11-20(12-10-18)30-19-6-4-3-5-7-19/h3-15,24H,16H2,1-2H3,(H,26,27)/b25-15+. The number of ether oxygens (including phenoxy) is 3. The summed E-state index contributed by atoms with van der Waals surface area (Å²) in [5, 5.41) is 6.74. The van der Waals surface area contributed by atoms with Gasteiger partial charge in [0.05, 0.1) is 13.3 Å². The number of hydrazone groups is 1. The molecule has 7 nitrogen and oxygen atoms in total. The van der Waals surface area contributed by atoms with Gasteiger partial charge in [-0.2, -0.15) is 5.10 Å². The Kier molecular flexibility index (Phi) is 7.27. The van der Waals surface area contributed by atoms with Gasteiger partial charge in [-0.05, 0) is 60.2 Å². The Morgan fingerprint density at radius 1 is 0.967 bits per heavy atom. The van der Waals surface area contributed by atoms with Crippen molar-refractivity contribution in [2.45, 2.75) is 0 Å². The molecule has 0 aliphatic carbocycles. The Balaban J connectivity index is 1.54. The van der Waals surface area contributed by atoms with Gasteiger partial charge in [-0.15, -0.1) is 0 Å². The second-order valence-electron chi connectivity index (χ2n) is 6.17. The maximum atomic E-state index is 12.2. The number of amides is 1. The third-order valence-electron chi connectivity index (χ3n) is 4.01. The number of carbonyl (C=O) groups excluding carboxylic acids is 1. The molecule has 0 saturated carbocycles. The van der Waals surface area contributed by atoms with Gasteiger partial charge in [-0.25, -0.2) is 0 Å². The van der Waals surface area contributed by atoms with Crippen LogP contribution < -0.4 is 25.0 Å². The molecule has 7 heteroatoms. The van der Waals surface area contributed by atoms with Gasteiger partial charge in [0.2, 0.25) is 0 Å². The molecule has 0 saturated heterocycles. The Labute approximate surface area is 175 Å². The smallest absolute Gasteiger partial charge is 0.262 e. The monoisotopic (exact) mass is 405 g/mol. The van der Waals surface area contributed by atoms with Crippen molar-refractivity contribution in [2.24, 2.45) is 5.10 Å². The summed E-state index contributed by atoms with van der Waals surface area (Å²) in [6, 6.07) is 21.9. The number of hydrogen-bond acceptors (Lipinski definition) is 6. The maximum Gasteiger partial charge on any atom is 0.262 e. The third kappa shape index (κ3) is 6.00. The SMILES string of the molecule is CN/N=C/c1ccc(OCC(=O)Nc2ccc(Oc3ccccc3)cc2)c(OC)c1. The molecule has 1 amide bonds. The Hall–Kier alpha value is -4.00. The molecule has 154 valence electrons. The summed E-state index contributed by atoms with van der Waals surface area (Å²) >= 11 is 0. The summed E-state index contributed by atoms with van der Waals surface area (Å²) in [6.45, 7) is -0.150. The summed E-state index contributed by atoms with van der Waals surface area (Å²) < 4.78 is 16.7.